The molecule has 0 saturated carbocycles. The van der Waals surface area contributed by atoms with Crippen LogP contribution >= 0.6 is 9.24 Å². The lowest BCUT2D eigenvalue weighted by Crippen LogP contribution is -2.49. The number of methoxy groups -OCH3 is 1. The van der Waals surface area contributed by atoms with Gasteiger partial charge in [-0.1, -0.05) is 29.7 Å². The highest BCUT2D eigenvalue weighted by molar-refractivity contribution is 7.28. The first kappa shape index (κ1) is 33.9. The molecule has 8 nitrogen and oxygen atoms in total. The minimum atomic E-state index is -0.220. The zero-order valence-electron chi connectivity index (χ0n) is 28.9. The summed E-state index contributed by atoms with van der Waals surface area (Å²) in [4.78, 5) is 19.3. The number of aromatic hydroxyl groups is 1. The van der Waals surface area contributed by atoms with E-state index in [9.17, 15) is 9.90 Å². The van der Waals surface area contributed by atoms with Crippen LogP contribution in [0.4, 0.5) is 15.8 Å². The molecule has 11 heteroatoms. The molecule has 2 N–H and O–H groups in total. The van der Waals surface area contributed by atoms with Crippen LogP contribution in [-0.2, 0) is 6.54 Å². The molecule has 4 aromatic rings. The maximum atomic E-state index is 16.1. The van der Waals surface area contributed by atoms with E-state index >= 15 is 4.39 Å². The lowest BCUT2D eigenvalue weighted by atomic mass is 9.75. The number of ether oxygens (including phenoxy) is 2. The Morgan fingerprint density at radius 2 is 1.71 bits per heavy atom. The quantitative estimate of drug-likeness (QED) is 0.218. The van der Waals surface area contributed by atoms with Crippen LogP contribution < -0.4 is 35.4 Å². The Balaban J connectivity index is 0.918. The van der Waals surface area contributed by atoms with Gasteiger partial charge in [-0.25, -0.2) is 4.39 Å². The van der Waals surface area contributed by atoms with Crippen LogP contribution in [0.5, 0.6) is 17.2 Å². The van der Waals surface area contributed by atoms with E-state index < -0.39 is 0 Å². The fraction of sp³-hybridized carbons (Fsp3) is 0.375. The van der Waals surface area contributed by atoms with Crippen molar-refractivity contribution in [2.24, 2.45) is 5.92 Å². The Hall–Kier alpha value is -4.27. The first-order valence-electron chi connectivity index (χ1n) is 17.9. The third-order valence-corrected chi connectivity index (χ3v) is 11.8. The Labute approximate surface area is 302 Å². The largest absolute Gasteiger partial charge is 0.508 e. The second kappa shape index (κ2) is 14.0. The number of nitrogens with zero attached hydrogens (tertiary/aromatic N) is 3. The standard InChI is InChI=1S/C40H43BFN4O4P/c1-49-37-18-25(2-6-32(37)41)31-23-50-36-19-28(47)4-5-29(36)39(31)26-3-7-34(33(42)16-26)45-10-8-24(9-11-45)22-44-12-14-46(15-13-44)35-17-27-21-43-40(48)30(27)20-38(35)51/h2-7,16-20,24,31,39,47H,8-15,21-23,51H2,1H3,(H,43,48). The highest BCUT2D eigenvalue weighted by atomic mass is 31.0. The van der Waals surface area contributed by atoms with Gasteiger partial charge in [0.05, 0.1) is 19.4 Å². The average molecular weight is 705 g/mol. The van der Waals surface area contributed by atoms with Crippen LogP contribution in [0.1, 0.15) is 57.3 Å². The summed E-state index contributed by atoms with van der Waals surface area (Å²) in [6, 6.07) is 20.8. The molecule has 8 rings (SSSR count). The van der Waals surface area contributed by atoms with Crippen LogP contribution in [0, 0.1) is 11.7 Å². The number of piperazine rings is 1. The predicted octanol–water partition coefficient (Wildman–Crippen LogP) is 4.42. The summed E-state index contributed by atoms with van der Waals surface area (Å²) >= 11 is 0. The van der Waals surface area contributed by atoms with Gasteiger partial charge >= 0.3 is 0 Å². The molecule has 0 aromatic heterocycles. The lowest BCUT2D eigenvalue weighted by molar-refractivity contribution is 0.0966. The molecule has 3 atom stereocenters. The second-order valence-corrected chi connectivity index (χ2v) is 14.9. The van der Waals surface area contributed by atoms with Crippen molar-refractivity contribution >= 4 is 45.1 Å². The minimum absolute atomic E-state index is 0.0183. The van der Waals surface area contributed by atoms with E-state index in [1.54, 1.807) is 25.3 Å². The van der Waals surface area contributed by atoms with Crippen LogP contribution in [-0.4, -0.2) is 83.3 Å². The summed E-state index contributed by atoms with van der Waals surface area (Å²) < 4.78 is 27.8. The van der Waals surface area contributed by atoms with Gasteiger partial charge in [-0.05, 0) is 77.2 Å². The predicted molar refractivity (Wildman–Crippen MR) is 204 cm³/mol. The van der Waals surface area contributed by atoms with E-state index in [2.05, 4.69) is 35.3 Å². The number of phenolic OH excluding ortho intramolecular Hbond substituents is 1. The summed E-state index contributed by atoms with van der Waals surface area (Å²) in [5, 5.41) is 14.2. The number of fused-ring (bicyclic) bond motifs is 2. The molecule has 0 bridgehead atoms. The van der Waals surface area contributed by atoms with Crippen molar-refractivity contribution < 1.29 is 23.8 Å². The van der Waals surface area contributed by atoms with Crippen molar-refractivity contribution in [3.8, 4) is 17.2 Å². The molecule has 0 aliphatic carbocycles. The zero-order chi connectivity index (χ0) is 35.2. The fourth-order valence-electron chi connectivity index (χ4n) is 8.47. The zero-order valence-corrected chi connectivity index (χ0v) is 30.1. The number of carbonyl (C=O) groups is 1. The molecule has 262 valence electrons. The minimum Gasteiger partial charge on any atom is -0.508 e. The van der Waals surface area contributed by atoms with Gasteiger partial charge < -0.3 is 29.7 Å². The first-order valence-corrected chi connectivity index (χ1v) is 18.4. The third-order valence-electron chi connectivity index (χ3n) is 11.3. The third kappa shape index (κ3) is 6.65. The van der Waals surface area contributed by atoms with Gasteiger partial charge in [0.15, 0.2) is 0 Å². The summed E-state index contributed by atoms with van der Waals surface area (Å²) in [5.41, 5.74) is 7.04. The van der Waals surface area contributed by atoms with Gasteiger partial charge in [0.25, 0.3) is 5.91 Å². The molecule has 4 aliphatic heterocycles. The second-order valence-electron chi connectivity index (χ2n) is 14.3. The van der Waals surface area contributed by atoms with Gasteiger partial charge in [0.2, 0.25) is 0 Å². The van der Waals surface area contributed by atoms with Gasteiger partial charge in [0.1, 0.15) is 30.9 Å². The van der Waals surface area contributed by atoms with Crippen molar-refractivity contribution in [2.45, 2.75) is 31.2 Å². The number of hydrogen-bond donors (Lipinski definition) is 2. The SMILES string of the molecule is [B]c1ccc(C2COc3cc(O)ccc3C2c2ccc(N3CCC(CN4CCN(c5cc6c(cc5P)C(=O)NC6)CC4)CC3)c(F)c2)cc1OC. The monoisotopic (exact) mass is 704 g/mol. The molecule has 3 unspecified atom stereocenters. The summed E-state index contributed by atoms with van der Waals surface area (Å²) in [5.74, 6) is 1.41. The van der Waals surface area contributed by atoms with Crippen LogP contribution in [0.25, 0.3) is 0 Å². The molecular weight excluding hydrogens is 661 g/mol. The Bertz CT molecular complexity index is 1960. The normalized spacial score (nSPS) is 20.8. The molecule has 0 spiro atoms. The Kier molecular flexibility index (Phi) is 9.32. The molecule has 2 saturated heterocycles. The van der Waals surface area contributed by atoms with Gasteiger partial charge in [-0.2, -0.15) is 0 Å². The number of hydrogen-bond acceptors (Lipinski definition) is 7. The Morgan fingerprint density at radius 3 is 2.47 bits per heavy atom. The topological polar surface area (TPSA) is 77.5 Å². The van der Waals surface area contributed by atoms with E-state index in [1.807, 2.05) is 42.5 Å². The van der Waals surface area contributed by atoms with Crippen LogP contribution in [0.15, 0.2) is 66.7 Å². The number of carbonyl (C=O) groups excluding carboxylic acids is 1. The maximum Gasteiger partial charge on any atom is 0.251 e. The number of anilines is 2. The molecular formula is C40H43BFN4O4P. The van der Waals surface area contributed by atoms with Gasteiger partial charge in [-0.15, -0.1) is 9.24 Å². The van der Waals surface area contributed by atoms with E-state index in [0.29, 0.717) is 41.7 Å². The highest BCUT2D eigenvalue weighted by Gasteiger charge is 2.35. The number of benzene rings is 4. The summed E-state index contributed by atoms with van der Waals surface area (Å²) in [6.07, 6.45) is 2.06. The van der Waals surface area contributed by atoms with E-state index in [4.69, 9.17) is 17.3 Å². The number of phenols is 1. The fourth-order valence-corrected chi connectivity index (χ4v) is 8.91. The van der Waals surface area contributed by atoms with E-state index in [0.717, 1.165) is 91.8 Å². The number of amides is 1. The number of rotatable bonds is 7. The molecule has 51 heavy (non-hydrogen) atoms. The van der Waals surface area contributed by atoms with E-state index in [1.165, 1.54) is 5.69 Å². The van der Waals surface area contributed by atoms with E-state index in [-0.39, 0.29) is 29.3 Å². The maximum absolute atomic E-state index is 16.1. The number of piperidine rings is 1. The Morgan fingerprint density at radius 1 is 0.941 bits per heavy atom. The first-order chi connectivity index (χ1) is 24.7. The van der Waals surface area contributed by atoms with Crippen LogP contribution in [0.2, 0.25) is 0 Å². The molecule has 1 amide bonds. The molecule has 2 radical (unpaired) electrons. The van der Waals surface area contributed by atoms with Crippen molar-refractivity contribution in [3.05, 3.63) is 100 Å². The van der Waals surface area contributed by atoms with Crippen molar-refractivity contribution in [1.29, 1.82) is 0 Å². The van der Waals surface area contributed by atoms with Crippen molar-refractivity contribution in [2.75, 3.05) is 69.3 Å². The smallest absolute Gasteiger partial charge is 0.251 e. The molecule has 4 aliphatic rings. The number of nitrogens with one attached hydrogen (secondary N) is 1. The van der Waals surface area contributed by atoms with Gasteiger partial charge in [0, 0.05) is 87.1 Å². The van der Waals surface area contributed by atoms with Crippen molar-refractivity contribution in [1.82, 2.24) is 10.2 Å². The number of halogens is 1. The lowest BCUT2D eigenvalue weighted by Gasteiger charge is -2.40. The highest BCUT2D eigenvalue weighted by Crippen LogP contribution is 2.48. The molecule has 2 fully saturated rings. The molecule has 4 heterocycles. The summed E-state index contributed by atoms with van der Waals surface area (Å²) in [7, 11) is 10.5. The van der Waals surface area contributed by atoms with Gasteiger partial charge in [-0.3, -0.25) is 9.69 Å². The summed E-state index contributed by atoms with van der Waals surface area (Å²) in [6.45, 7) is 7.63. The van der Waals surface area contributed by atoms with Crippen molar-refractivity contribution in [3.63, 3.8) is 0 Å². The molecule has 4 aromatic carbocycles. The van der Waals surface area contributed by atoms with Crippen LogP contribution in [0.3, 0.4) is 0 Å². The average Bonchev–Trinajstić information content (AvgIpc) is 3.50.